The van der Waals surface area contributed by atoms with Crippen molar-refractivity contribution < 1.29 is 9.53 Å². The number of rotatable bonds is 3. The zero-order valence-corrected chi connectivity index (χ0v) is 13.6. The van der Waals surface area contributed by atoms with E-state index in [0.717, 1.165) is 16.0 Å². The van der Waals surface area contributed by atoms with Crippen molar-refractivity contribution >= 4 is 41.1 Å². The average Bonchev–Trinajstić information content (AvgIpc) is 3.08. The molecule has 0 N–H and O–H groups in total. The Labute approximate surface area is 133 Å². The predicted octanol–water partition coefficient (Wildman–Crippen LogP) is 4.67. The minimum Gasteiger partial charge on any atom is -0.478 e. The number of carbonyl (C=O) groups excluding carboxylic acids is 1. The van der Waals surface area contributed by atoms with Gasteiger partial charge in [0.05, 0.1) is 5.57 Å². The van der Waals surface area contributed by atoms with Gasteiger partial charge in [-0.2, -0.15) is 11.3 Å². The van der Waals surface area contributed by atoms with Crippen LogP contribution in [0.4, 0.5) is 0 Å². The Balaban J connectivity index is 2.16. The number of benzene rings is 1. The molecule has 1 aliphatic heterocycles. The molecule has 1 unspecified atom stereocenters. The molecular weight excluding hydrogens is 300 g/mol. The predicted molar refractivity (Wildman–Crippen MR) is 89.6 cm³/mol. The maximum atomic E-state index is 12.8. The molecular formula is C17H16O2S2. The van der Waals surface area contributed by atoms with E-state index in [1.165, 1.54) is 0 Å². The van der Waals surface area contributed by atoms with Crippen molar-refractivity contribution in [1.29, 1.82) is 0 Å². The summed E-state index contributed by atoms with van der Waals surface area (Å²) in [5.41, 5.74) is 1.77. The van der Waals surface area contributed by atoms with Crippen LogP contribution in [0.1, 0.15) is 31.4 Å². The Morgan fingerprint density at radius 3 is 2.48 bits per heavy atom. The minimum absolute atomic E-state index is 0.0633. The molecule has 21 heavy (non-hydrogen) atoms. The van der Waals surface area contributed by atoms with Crippen LogP contribution in [0.5, 0.6) is 0 Å². The highest BCUT2D eigenvalue weighted by atomic mass is 32.1. The first-order chi connectivity index (χ1) is 10.0. The Bertz CT molecular complexity index is 699. The van der Waals surface area contributed by atoms with Crippen LogP contribution in [-0.2, 0) is 9.53 Å². The number of hydrogen-bond donors (Lipinski definition) is 1. The normalized spacial score (nSPS) is 21.8. The van der Waals surface area contributed by atoms with Crippen molar-refractivity contribution in [3.63, 3.8) is 0 Å². The zero-order chi connectivity index (χ0) is 15.0. The summed E-state index contributed by atoms with van der Waals surface area (Å²) in [6, 6.07) is 9.67. The van der Waals surface area contributed by atoms with Crippen molar-refractivity contribution in [1.82, 2.24) is 0 Å². The number of thiophene rings is 1. The van der Waals surface area contributed by atoms with Gasteiger partial charge >= 0.3 is 0 Å². The van der Waals surface area contributed by atoms with E-state index >= 15 is 0 Å². The van der Waals surface area contributed by atoms with Crippen LogP contribution in [0.25, 0.3) is 11.3 Å². The van der Waals surface area contributed by atoms with Gasteiger partial charge in [0, 0.05) is 10.5 Å². The number of thiol groups is 1. The highest BCUT2D eigenvalue weighted by molar-refractivity contribution is 7.80. The fourth-order valence-electron chi connectivity index (χ4n) is 2.41. The summed E-state index contributed by atoms with van der Waals surface area (Å²) in [5, 5.41) is 3.97. The van der Waals surface area contributed by atoms with Crippen molar-refractivity contribution in [2.24, 2.45) is 0 Å². The molecule has 0 bridgehead atoms. The van der Waals surface area contributed by atoms with Crippen molar-refractivity contribution in [2.75, 3.05) is 0 Å². The molecule has 2 heterocycles. The number of ketones is 1. The van der Waals surface area contributed by atoms with E-state index in [4.69, 9.17) is 4.74 Å². The molecule has 0 saturated heterocycles. The second kappa shape index (κ2) is 5.35. The van der Waals surface area contributed by atoms with Gasteiger partial charge in [-0.1, -0.05) is 19.1 Å². The molecule has 2 aromatic rings. The van der Waals surface area contributed by atoms with Gasteiger partial charge in [0.2, 0.25) is 5.78 Å². The van der Waals surface area contributed by atoms with Crippen molar-refractivity contribution in [3.05, 3.63) is 52.2 Å². The van der Waals surface area contributed by atoms with Gasteiger partial charge in [-0.3, -0.25) is 4.79 Å². The van der Waals surface area contributed by atoms with E-state index in [0.29, 0.717) is 17.8 Å². The Morgan fingerprint density at radius 1 is 1.19 bits per heavy atom. The molecule has 0 fully saturated rings. The van der Waals surface area contributed by atoms with Crippen LogP contribution >= 0.6 is 24.0 Å². The van der Waals surface area contributed by atoms with E-state index in [9.17, 15) is 4.79 Å². The summed E-state index contributed by atoms with van der Waals surface area (Å²) in [6.45, 7) is 3.84. The summed E-state index contributed by atoms with van der Waals surface area (Å²) < 4.78 is 6.08. The molecule has 0 radical (unpaired) electrons. The maximum Gasteiger partial charge on any atom is 0.210 e. The molecule has 3 rings (SSSR count). The molecule has 0 saturated carbocycles. The van der Waals surface area contributed by atoms with Gasteiger partial charge in [0.1, 0.15) is 5.76 Å². The van der Waals surface area contributed by atoms with E-state index in [1.54, 1.807) is 11.3 Å². The largest absolute Gasteiger partial charge is 0.478 e. The summed E-state index contributed by atoms with van der Waals surface area (Å²) in [5.74, 6) is 0.740. The van der Waals surface area contributed by atoms with Crippen molar-refractivity contribution in [2.45, 2.75) is 30.8 Å². The fourth-order valence-corrected chi connectivity index (χ4v) is 3.20. The Kier molecular flexibility index (Phi) is 3.68. The van der Waals surface area contributed by atoms with E-state index < -0.39 is 5.60 Å². The van der Waals surface area contributed by atoms with E-state index in [1.807, 2.05) is 54.9 Å². The molecule has 0 aliphatic carbocycles. The van der Waals surface area contributed by atoms with Gasteiger partial charge < -0.3 is 4.74 Å². The third kappa shape index (κ3) is 2.43. The number of Topliss-reactive ketones (excluding diaryl/α,β-unsaturated/α-hetero) is 1. The molecule has 0 amide bonds. The van der Waals surface area contributed by atoms with Crippen LogP contribution in [0.3, 0.4) is 0 Å². The molecule has 0 spiro atoms. The second-order valence-electron chi connectivity index (χ2n) is 5.28. The molecule has 4 heteroatoms. The first-order valence-electron chi connectivity index (χ1n) is 6.85. The number of hydrogen-bond acceptors (Lipinski definition) is 4. The topological polar surface area (TPSA) is 26.3 Å². The summed E-state index contributed by atoms with van der Waals surface area (Å²) in [6.07, 6.45) is 0.646. The lowest BCUT2D eigenvalue weighted by molar-refractivity contribution is -0.126. The minimum atomic E-state index is -0.772. The number of ether oxygens (including phenoxy) is 1. The number of carbonyl (C=O) groups is 1. The van der Waals surface area contributed by atoms with Gasteiger partial charge in [-0.05, 0) is 47.9 Å². The van der Waals surface area contributed by atoms with Gasteiger partial charge in [-0.25, -0.2) is 0 Å². The van der Waals surface area contributed by atoms with Gasteiger partial charge in [-0.15, -0.1) is 12.6 Å². The average molecular weight is 316 g/mol. The smallest absolute Gasteiger partial charge is 0.210 e. The lowest BCUT2D eigenvalue weighted by Gasteiger charge is -2.21. The maximum absolute atomic E-state index is 12.8. The second-order valence-corrected chi connectivity index (χ2v) is 6.58. The first kappa shape index (κ1) is 14.4. The summed E-state index contributed by atoms with van der Waals surface area (Å²) in [4.78, 5) is 13.7. The van der Waals surface area contributed by atoms with Crippen LogP contribution in [0.15, 0.2) is 46.0 Å². The molecule has 2 nitrogen and oxygen atoms in total. The Hall–Kier alpha value is -1.52. The zero-order valence-electron chi connectivity index (χ0n) is 11.9. The molecule has 1 aromatic carbocycles. The highest BCUT2D eigenvalue weighted by Gasteiger charge is 2.45. The molecule has 1 aliphatic rings. The van der Waals surface area contributed by atoms with E-state index in [2.05, 4.69) is 12.6 Å². The quantitative estimate of drug-likeness (QED) is 0.833. The fraction of sp³-hybridized carbons (Fsp3) is 0.235. The summed E-state index contributed by atoms with van der Waals surface area (Å²) in [7, 11) is 0. The third-order valence-corrected chi connectivity index (χ3v) is 4.86. The lowest BCUT2D eigenvalue weighted by atomic mass is 9.91. The Morgan fingerprint density at radius 2 is 1.90 bits per heavy atom. The highest BCUT2D eigenvalue weighted by Crippen LogP contribution is 2.43. The monoisotopic (exact) mass is 316 g/mol. The van der Waals surface area contributed by atoms with Crippen LogP contribution in [-0.4, -0.2) is 11.4 Å². The lowest BCUT2D eigenvalue weighted by Crippen LogP contribution is -2.32. The summed E-state index contributed by atoms with van der Waals surface area (Å²) >= 11 is 5.89. The van der Waals surface area contributed by atoms with Crippen molar-refractivity contribution in [3.8, 4) is 0 Å². The molecule has 1 aromatic heterocycles. The molecule has 1 atom stereocenters. The third-order valence-electron chi connectivity index (χ3n) is 3.88. The van der Waals surface area contributed by atoms with Gasteiger partial charge in [0.25, 0.3) is 0 Å². The van der Waals surface area contributed by atoms with Crippen LogP contribution < -0.4 is 0 Å². The standard InChI is InChI=1S/C17H16O2S2/c1-3-17(2)16(18)14(12-8-9-21-10-12)15(19-17)11-4-6-13(20)7-5-11/h4-10,20H,3H2,1-2H3. The van der Waals surface area contributed by atoms with E-state index in [-0.39, 0.29) is 5.78 Å². The SMILES string of the molecule is CCC1(C)OC(c2ccc(S)cc2)=C(c2ccsc2)C1=O. The molecule has 108 valence electrons. The van der Waals surface area contributed by atoms with Gasteiger partial charge in [0.15, 0.2) is 5.60 Å². The first-order valence-corrected chi connectivity index (χ1v) is 8.24. The van der Waals surface area contributed by atoms with Crippen LogP contribution in [0.2, 0.25) is 0 Å². The van der Waals surface area contributed by atoms with Crippen LogP contribution in [0, 0.1) is 0 Å².